The molecule has 2 heteroatoms. The van der Waals surface area contributed by atoms with Gasteiger partial charge in [-0.3, -0.25) is 0 Å². The minimum Gasteiger partial charge on any atom is -0.390 e. The molecular weight excluding hydrogens is 198 g/mol. The van der Waals surface area contributed by atoms with Crippen molar-refractivity contribution in [3.63, 3.8) is 0 Å². The molecule has 3 rings (SSSR count). The van der Waals surface area contributed by atoms with Gasteiger partial charge in [-0.15, -0.1) is 0 Å². The van der Waals surface area contributed by atoms with E-state index < -0.39 is 0 Å². The van der Waals surface area contributed by atoms with Gasteiger partial charge in [0.25, 0.3) is 0 Å². The van der Waals surface area contributed by atoms with E-state index in [4.69, 9.17) is 0 Å². The first-order chi connectivity index (χ1) is 7.75. The molecule has 1 aromatic carbocycles. The molecule has 0 radical (unpaired) electrons. The van der Waals surface area contributed by atoms with Gasteiger partial charge in [0.15, 0.2) is 0 Å². The lowest BCUT2D eigenvalue weighted by atomic mass is 9.95. The van der Waals surface area contributed by atoms with Crippen LogP contribution >= 0.6 is 0 Å². The second-order valence-corrected chi connectivity index (χ2v) is 5.34. The monoisotopic (exact) mass is 217 g/mol. The number of aliphatic hydroxyl groups is 1. The molecule has 1 saturated heterocycles. The summed E-state index contributed by atoms with van der Waals surface area (Å²) in [6.45, 7) is 2.24. The number of rotatable bonds is 3. The second-order valence-electron chi connectivity index (χ2n) is 5.34. The average molecular weight is 217 g/mol. The molecule has 86 valence electrons. The van der Waals surface area contributed by atoms with E-state index in [-0.39, 0.29) is 5.60 Å². The van der Waals surface area contributed by atoms with Gasteiger partial charge in [0.1, 0.15) is 0 Å². The maximum Gasteiger partial charge on any atom is 0.0690 e. The van der Waals surface area contributed by atoms with Gasteiger partial charge in [0.2, 0.25) is 0 Å². The first-order valence-electron chi connectivity index (χ1n) is 6.27. The maximum atomic E-state index is 9.93. The second kappa shape index (κ2) is 3.86. The number of nitrogens with one attached hydrogen (secondary N) is 1. The highest BCUT2D eigenvalue weighted by atomic mass is 16.3. The number of benzene rings is 1. The Kier molecular flexibility index (Phi) is 2.49. The molecule has 1 saturated carbocycles. The third-order valence-corrected chi connectivity index (χ3v) is 3.84. The highest BCUT2D eigenvalue weighted by Crippen LogP contribution is 2.38. The van der Waals surface area contributed by atoms with E-state index in [1.54, 1.807) is 0 Å². The lowest BCUT2D eigenvalue weighted by Crippen LogP contribution is -2.11. The predicted molar refractivity (Wildman–Crippen MR) is 64.6 cm³/mol. The van der Waals surface area contributed by atoms with E-state index >= 15 is 0 Å². The fourth-order valence-electron chi connectivity index (χ4n) is 2.60. The van der Waals surface area contributed by atoms with Crippen LogP contribution in [-0.2, 0) is 6.42 Å². The van der Waals surface area contributed by atoms with Crippen LogP contribution in [-0.4, -0.2) is 23.8 Å². The SMILES string of the molecule is OC1(Cc2cccc(C3CCNC3)c2)CC1. The topological polar surface area (TPSA) is 32.3 Å². The fourth-order valence-corrected chi connectivity index (χ4v) is 2.60. The van der Waals surface area contributed by atoms with Crippen LogP contribution in [0.15, 0.2) is 24.3 Å². The molecule has 0 amide bonds. The van der Waals surface area contributed by atoms with Crippen LogP contribution in [0.5, 0.6) is 0 Å². The molecule has 1 atom stereocenters. The first-order valence-corrected chi connectivity index (χ1v) is 6.27. The van der Waals surface area contributed by atoms with Gasteiger partial charge in [-0.2, -0.15) is 0 Å². The normalized spacial score (nSPS) is 26.9. The summed E-state index contributed by atoms with van der Waals surface area (Å²) in [5.41, 5.74) is 2.36. The molecule has 1 aliphatic heterocycles. The Morgan fingerprint density at radius 1 is 1.38 bits per heavy atom. The Morgan fingerprint density at radius 3 is 2.94 bits per heavy atom. The molecule has 2 fully saturated rings. The van der Waals surface area contributed by atoms with Gasteiger partial charge in [0, 0.05) is 13.0 Å². The van der Waals surface area contributed by atoms with Crippen LogP contribution in [0.1, 0.15) is 36.3 Å². The maximum absolute atomic E-state index is 9.93. The molecule has 0 bridgehead atoms. The van der Waals surface area contributed by atoms with Crippen molar-refractivity contribution in [2.75, 3.05) is 13.1 Å². The molecule has 2 N–H and O–H groups in total. The Hall–Kier alpha value is -0.860. The Bertz CT molecular complexity index is 378. The fraction of sp³-hybridized carbons (Fsp3) is 0.571. The smallest absolute Gasteiger partial charge is 0.0690 e. The minimum absolute atomic E-state index is 0.369. The third-order valence-electron chi connectivity index (χ3n) is 3.84. The summed E-state index contributed by atoms with van der Waals surface area (Å²) in [5, 5.41) is 13.3. The van der Waals surface area contributed by atoms with Gasteiger partial charge in [0.05, 0.1) is 5.60 Å². The van der Waals surface area contributed by atoms with E-state index in [1.807, 2.05) is 0 Å². The van der Waals surface area contributed by atoms with E-state index in [0.29, 0.717) is 5.92 Å². The Labute approximate surface area is 96.7 Å². The van der Waals surface area contributed by atoms with Crippen molar-refractivity contribution in [3.8, 4) is 0 Å². The highest BCUT2D eigenvalue weighted by molar-refractivity contribution is 5.29. The molecule has 0 aromatic heterocycles. The number of hydrogen-bond acceptors (Lipinski definition) is 2. The first kappa shape index (κ1) is 10.3. The van der Waals surface area contributed by atoms with E-state index in [1.165, 1.54) is 17.5 Å². The zero-order chi connectivity index (χ0) is 11.0. The van der Waals surface area contributed by atoms with Gasteiger partial charge in [-0.05, 0) is 42.9 Å². The van der Waals surface area contributed by atoms with Crippen molar-refractivity contribution in [3.05, 3.63) is 35.4 Å². The molecule has 1 aromatic rings. The predicted octanol–water partition coefficient (Wildman–Crippen LogP) is 1.83. The van der Waals surface area contributed by atoms with Crippen LogP contribution in [0, 0.1) is 0 Å². The lowest BCUT2D eigenvalue weighted by molar-refractivity contribution is 0.151. The summed E-state index contributed by atoms with van der Waals surface area (Å²) in [6.07, 6.45) is 4.03. The third kappa shape index (κ3) is 2.13. The van der Waals surface area contributed by atoms with Crippen molar-refractivity contribution in [2.45, 2.75) is 37.2 Å². The molecule has 1 aliphatic carbocycles. The van der Waals surface area contributed by atoms with Crippen LogP contribution in [0.4, 0.5) is 0 Å². The van der Waals surface area contributed by atoms with Crippen LogP contribution in [0.3, 0.4) is 0 Å². The van der Waals surface area contributed by atoms with Gasteiger partial charge < -0.3 is 10.4 Å². The van der Waals surface area contributed by atoms with Crippen LogP contribution in [0.2, 0.25) is 0 Å². The Balaban J connectivity index is 1.76. The van der Waals surface area contributed by atoms with Crippen molar-refractivity contribution in [2.24, 2.45) is 0 Å². The largest absolute Gasteiger partial charge is 0.390 e. The molecule has 0 spiro atoms. The van der Waals surface area contributed by atoms with Crippen LogP contribution in [0.25, 0.3) is 0 Å². The van der Waals surface area contributed by atoms with E-state index in [0.717, 1.165) is 32.4 Å². The van der Waals surface area contributed by atoms with Crippen molar-refractivity contribution < 1.29 is 5.11 Å². The molecular formula is C14H19NO. The summed E-state index contributed by atoms with van der Waals surface area (Å²) in [4.78, 5) is 0. The zero-order valence-electron chi connectivity index (χ0n) is 9.58. The molecule has 16 heavy (non-hydrogen) atoms. The molecule has 2 nitrogen and oxygen atoms in total. The summed E-state index contributed by atoms with van der Waals surface area (Å²) in [7, 11) is 0. The van der Waals surface area contributed by atoms with Crippen molar-refractivity contribution in [1.29, 1.82) is 0 Å². The molecule has 2 aliphatic rings. The van der Waals surface area contributed by atoms with Gasteiger partial charge >= 0.3 is 0 Å². The molecule has 1 heterocycles. The van der Waals surface area contributed by atoms with E-state index in [9.17, 15) is 5.11 Å². The van der Waals surface area contributed by atoms with Gasteiger partial charge in [-0.25, -0.2) is 0 Å². The highest BCUT2D eigenvalue weighted by Gasteiger charge is 2.40. The quantitative estimate of drug-likeness (QED) is 0.809. The summed E-state index contributed by atoms with van der Waals surface area (Å²) in [5.74, 6) is 0.675. The standard InChI is InChI=1S/C14H19NO/c16-14(5-6-14)9-11-2-1-3-12(8-11)13-4-7-15-10-13/h1-3,8,13,15-16H,4-7,9-10H2. The van der Waals surface area contributed by atoms with Crippen molar-refractivity contribution >= 4 is 0 Å². The molecule has 1 unspecified atom stereocenters. The summed E-state index contributed by atoms with van der Waals surface area (Å²) >= 11 is 0. The van der Waals surface area contributed by atoms with Crippen molar-refractivity contribution in [1.82, 2.24) is 5.32 Å². The summed E-state index contributed by atoms with van der Waals surface area (Å²) in [6, 6.07) is 8.78. The Morgan fingerprint density at radius 2 is 2.25 bits per heavy atom. The van der Waals surface area contributed by atoms with Gasteiger partial charge in [-0.1, -0.05) is 24.3 Å². The van der Waals surface area contributed by atoms with Crippen LogP contribution < -0.4 is 5.32 Å². The number of hydrogen-bond donors (Lipinski definition) is 2. The lowest BCUT2D eigenvalue weighted by Gasteiger charge is -2.12. The summed E-state index contributed by atoms with van der Waals surface area (Å²) < 4.78 is 0. The van der Waals surface area contributed by atoms with E-state index in [2.05, 4.69) is 29.6 Å². The minimum atomic E-state index is -0.369. The average Bonchev–Trinajstić information content (AvgIpc) is 2.84. The zero-order valence-corrected chi connectivity index (χ0v) is 9.58.